The Labute approximate surface area is 196 Å². The second kappa shape index (κ2) is 11.3. The van der Waals surface area contributed by atoms with Gasteiger partial charge >= 0.3 is 0 Å². The molecule has 1 fully saturated rings. The maximum atomic E-state index is 12.7. The van der Waals surface area contributed by atoms with Gasteiger partial charge in [-0.05, 0) is 19.0 Å². The Kier molecular flexibility index (Phi) is 8.50. The molecule has 0 bridgehead atoms. The maximum absolute atomic E-state index is 12.7. The highest BCUT2D eigenvalue weighted by Crippen LogP contribution is 2.36. The van der Waals surface area contributed by atoms with Crippen LogP contribution in [-0.4, -0.2) is 88.5 Å². The fourth-order valence-electron chi connectivity index (χ4n) is 3.85. The minimum absolute atomic E-state index is 0. The van der Waals surface area contributed by atoms with Crippen LogP contribution < -0.4 is 20.1 Å². The minimum atomic E-state index is -0.561. The first kappa shape index (κ1) is 24.8. The molecule has 2 aromatic rings. The fraction of sp³-hybridized carbons (Fsp3) is 0.476. The summed E-state index contributed by atoms with van der Waals surface area (Å²) in [6.45, 7) is 3.72. The van der Waals surface area contributed by atoms with Gasteiger partial charge in [0.15, 0.2) is 11.5 Å². The summed E-state index contributed by atoms with van der Waals surface area (Å²) in [5, 5.41) is 26.3. The van der Waals surface area contributed by atoms with E-state index in [-0.39, 0.29) is 23.2 Å². The molecule has 4 rings (SSSR count). The number of aliphatic hydroxyl groups excluding tert-OH is 1. The second-order valence-electron chi connectivity index (χ2n) is 7.77. The Morgan fingerprint density at radius 3 is 2.91 bits per heavy atom. The van der Waals surface area contributed by atoms with Crippen molar-refractivity contribution in [2.75, 3.05) is 51.3 Å². The summed E-state index contributed by atoms with van der Waals surface area (Å²) in [5.74, 6) is 0.784. The molecule has 1 aromatic heterocycles. The Hall–Kier alpha value is -2.86. The van der Waals surface area contributed by atoms with E-state index in [4.69, 9.17) is 21.1 Å². The molecule has 180 valence electrons. The molecular weight excluding hydrogens is 454 g/mol. The molecule has 1 amide bonds. The number of ether oxygens (including phenoxy) is 2. The number of carbonyl (C=O) groups is 1. The summed E-state index contributed by atoms with van der Waals surface area (Å²) in [6, 6.07) is 4.60. The number of hydrogen-bond donors (Lipinski definition) is 4. The van der Waals surface area contributed by atoms with Gasteiger partial charge in [0.05, 0.1) is 11.7 Å². The van der Waals surface area contributed by atoms with Crippen LogP contribution in [0.2, 0.25) is 5.02 Å². The number of halogens is 1. The number of likely N-dealkylation sites (tertiary alicyclic amines) is 1. The predicted molar refractivity (Wildman–Crippen MR) is 121 cm³/mol. The molecule has 2 aliphatic rings. The number of β-amino-alcohol motifs (C(OH)–C–C–N with tert-alkyl or cyclic N) is 1. The van der Waals surface area contributed by atoms with Crippen LogP contribution in [0.25, 0.3) is 0 Å². The minimum Gasteiger partial charge on any atom is -0.493 e. The third kappa shape index (κ3) is 6.35. The third-order valence-corrected chi connectivity index (χ3v) is 5.75. The number of rotatable bonds is 7. The van der Waals surface area contributed by atoms with Gasteiger partial charge < -0.3 is 35.8 Å². The average molecular weight is 482 g/mol. The number of fused-ring (bicyclic) bond motifs is 1. The maximum Gasteiger partial charge on any atom is 0.255 e. The number of aromatic nitrogens is 2. The Morgan fingerprint density at radius 1 is 1.30 bits per heavy atom. The zero-order valence-electron chi connectivity index (χ0n) is 18.0. The lowest BCUT2D eigenvalue weighted by molar-refractivity contribution is 0.0237. The Bertz CT molecular complexity index is 965. The molecule has 0 aliphatic carbocycles. The zero-order valence-corrected chi connectivity index (χ0v) is 18.7. The molecule has 0 saturated carbocycles. The van der Waals surface area contributed by atoms with Crippen molar-refractivity contribution in [1.82, 2.24) is 20.2 Å². The number of nitrogens with one attached hydrogen (secondary N) is 2. The van der Waals surface area contributed by atoms with Crippen molar-refractivity contribution in [3.8, 4) is 17.4 Å². The van der Waals surface area contributed by atoms with E-state index >= 15 is 0 Å². The second-order valence-corrected chi connectivity index (χ2v) is 8.21. The van der Waals surface area contributed by atoms with Gasteiger partial charge in [-0.2, -0.15) is 4.98 Å². The van der Waals surface area contributed by atoms with Gasteiger partial charge in [-0.25, -0.2) is 4.98 Å². The summed E-state index contributed by atoms with van der Waals surface area (Å²) >= 11 is 6.12. The third-order valence-electron chi connectivity index (χ3n) is 5.53. The predicted octanol–water partition coefficient (Wildman–Crippen LogP) is 0.307. The molecule has 1 aromatic carbocycles. The lowest BCUT2D eigenvalue weighted by Gasteiger charge is -2.36. The molecule has 2 aliphatic heterocycles. The first-order chi connectivity index (χ1) is 15.5. The van der Waals surface area contributed by atoms with Crippen LogP contribution in [0.1, 0.15) is 16.8 Å². The van der Waals surface area contributed by atoms with Crippen molar-refractivity contribution in [3.63, 3.8) is 0 Å². The molecule has 3 heterocycles. The van der Waals surface area contributed by atoms with E-state index in [1.807, 2.05) is 0 Å². The van der Waals surface area contributed by atoms with E-state index in [2.05, 4.69) is 25.5 Å². The summed E-state index contributed by atoms with van der Waals surface area (Å²) in [4.78, 5) is 22.8. The number of anilines is 1. The van der Waals surface area contributed by atoms with Crippen molar-refractivity contribution in [2.24, 2.45) is 5.92 Å². The quantitative estimate of drug-likeness (QED) is 0.436. The first-order valence-corrected chi connectivity index (χ1v) is 10.9. The van der Waals surface area contributed by atoms with E-state index in [0.717, 1.165) is 13.0 Å². The van der Waals surface area contributed by atoms with Gasteiger partial charge in [0.1, 0.15) is 13.2 Å². The van der Waals surface area contributed by atoms with Crippen molar-refractivity contribution in [3.05, 3.63) is 35.0 Å². The summed E-state index contributed by atoms with van der Waals surface area (Å²) in [6.07, 6.45) is 1.66. The van der Waals surface area contributed by atoms with Crippen LogP contribution in [0.15, 0.2) is 24.4 Å². The fourth-order valence-corrected chi connectivity index (χ4v) is 4.06. The highest BCUT2D eigenvalue weighted by Gasteiger charge is 2.29. The highest BCUT2D eigenvalue weighted by molar-refractivity contribution is 6.31. The van der Waals surface area contributed by atoms with Gasteiger partial charge in [-0.15, -0.1) is 0 Å². The van der Waals surface area contributed by atoms with E-state index < -0.39 is 6.10 Å². The number of aliphatic hydroxyl groups is 1. The van der Waals surface area contributed by atoms with Gasteiger partial charge in [-0.3, -0.25) is 9.69 Å². The number of piperidine rings is 1. The summed E-state index contributed by atoms with van der Waals surface area (Å²) in [5.41, 5.74) is 0.333. The first-order valence-electron chi connectivity index (χ1n) is 10.5. The summed E-state index contributed by atoms with van der Waals surface area (Å²) < 4.78 is 11.1. The van der Waals surface area contributed by atoms with Crippen LogP contribution in [0.4, 0.5) is 5.95 Å². The number of benzene rings is 1. The monoisotopic (exact) mass is 481 g/mol. The number of nitrogens with zero attached hydrogens (tertiary/aromatic N) is 3. The normalized spacial score (nSPS) is 19.9. The SMILES string of the molecule is O.O=C(NCC1CCN(CCNc2nccc(O)n2)CC1O)c1cc(Cl)cc2c1OCCO2. The molecule has 12 heteroatoms. The van der Waals surface area contributed by atoms with E-state index in [0.29, 0.717) is 67.4 Å². The Balaban J connectivity index is 0.00000306. The molecular formula is C21H28ClN5O6. The Morgan fingerprint density at radius 2 is 2.12 bits per heavy atom. The van der Waals surface area contributed by atoms with Crippen molar-refractivity contribution in [1.29, 1.82) is 0 Å². The van der Waals surface area contributed by atoms with Crippen molar-refractivity contribution < 1.29 is 30.0 Å². The largest absolute Gasteiger partial charge is 0.493 e. The van der Waals surface area contributed by atoms with Crippen LogP contribution in [0.3, 0.4) is 0 Å². The van der Waals surface area contributed by atoms with Gasteiger partial charge in [0, 0.05) is 55.4 Å². The molecule has 33 heavy (non-hydrogen) atoms. The van der Waals surface area contributed by atoms with Gasteiger partial charge in [0.2, 0.25) is 11.8 Å². The number of aromatic hydroxyl groups is 1. The number of hydrogen-bond acceptors (Lipinski definition) is 9. The number of amides is 1. The van der Waals surface area contributed by atoms with Crippen molar-refractivity contribution in [2.45, 2.75) is 12.5 Å². The average Bonchev–Trinajstić information content (AvgIpc) is 2.78. The summed E-state index contributed by atoms with van der Waals surface area (Å²) in [7, 11) is 0. The molecule has 2 unspecified atom stereocenters. The van der Waals surface area contributed by atoms with E-state index in [9.17, 15) is 15.0 Å². The topological polar surface area (TPSA) is 161 Å². The highest BCUT2D eigenvalue weighted by atomic mass is 35.5. The molecule has 11 nitrogen and oxygen atoms in total. The zero-order chi connectivity index (χ0) is 22.5. The van der Waals surface area contributed by atoms with Crippen LogP contribution in [-0.2, 0) is 0 Å². The van der Waals surface area contributed by atoms with Crippen LogP contribution >= 0.6 is 11.6 Å². The molecule has 1 saturated heterocycles. The lowest BCUT2D eigenvalue weighted by atomic mass is 9.93. The van der Waals surface area contributed by atoms with Crippen LogP contribution in [0, 0.1) is 5.92 Å². The molecule has 6 N–H and O–H groups in total. The van der Waals surface area contributed by atoms with Crippen molar-refractivity contribution >= 4 is 23.5 Å². The van der Waals surface area contributed by atoms with E-state index in [1.165, 1.54) is 12.3 Å². The van der Waals surface area contributed by atoms with Crippen LogP contribution in [0.5, 0.6) is 17.4 Å². The standard InChI is InChI=1S/C21H26ClN5O5.H2O/c22-14-9-15(19-17(10-14)31-7-8-32-19)20(30)25-11-13-2-5-27(12-16(13)28)6-4-24-21-23-3-1-18(29)26-21;/h1,3,9-10,13,16,28H,2,4-8,11-12H2,(H,25,30)(H2,23,24,26,29);1H2. The lowest BCUT2D eigenvalue weighted by Crippen LogP contribution is -2.48. The van der Waals surface area contributed by atoms with Gasteiger partial charge in [0.25, 0.3) is 5.91 Å². The molecule has 0 spiro atoms. The van der Waals surface area contributed by atoms with Gasteiger partial charge in [-0.1, -0.05) is 11.6 Å². The molecule has 2 atom stereocenters. The number of carbonyl (C=O) groups excluding carboxylic acids is 1. The molecule has 0 radical (unpaired) electrons. The van der Waals surface area contributed by atoms with E-state index in [1.54, 1.807) is 12.1 Å². The smallest absolute Gasteiger partial charge is 0.255 e.